The van der Waals surface area contributed by atoms with Crippen molar-refractivity contribution in [2.24, 2.45) is 11.1 Å². The molecule has 1 fully saturated rings. The Morgan fingerprint density at radius 3 is 2.85 bits per heavy atom. The zero-order valence-electron chi connectivity index (χ0n) is 11.7. The molecule has 2 rings (SSSR count). The number of anilines is 1. The number of hydrogen-bond donors (Lipinski definition) is 2. The Labute approximate surface area is 117 Å². The average Bonchev–Trinajstić information content (AvgIpc) is 2.76. The lowest BCUT2D eigenvalue weighted by molar-refractivity contribution is -0.125. The Balaban J connectivity index is 2.29. The number of amides is 1. The molecule has 0 heterocycles. The first kappa shape index (κ1) is 14.5. The molecule has 1 amide bonds. The van der Waals surface area contributed by atoms with Crippen LogP contribution in [-0.2, 0) is 4.79 Å². The van der Waals surface area contributed by atoms with Crippen LogP contribution < -0.4 is 11.1 Å². The summed E-state index contributed by atoms with van der Waals surface area (Å²) in [6, 6.07) is 4.34. The summed E-state index contributed by atoms with van der Waals surface area (Å²) < 4.78 is 13.7. The zero-order valence-corrected chi connectivity index (χ0v) is 11.7. The maximum atomic E-state index is 13.7. The van der Waals surface area contributed by atoms with Crippen LogP contribution in [0.15, 0.2) is 12.1 Å². The average molecular weight is 275 g/mol. The van der Waals surface area contributed by atoms with Crippen LogP contribution in [0.2, 0.25) is 0 Å². The Kier molecular flexibility index (Phi) is 3.78. The van der Waals surface area contributed by atoms with E-state index in [4.69, 9.17) is 11.0 Å². The van der Waals surface area contributed by atoms with E-state index in [1.807, 2.05) is 13.0 Å². The minimum Gasteiger partial charge on any atom is -0.327 e. The van der Waals surface area contributed by atoms with Gasteiger partial charge in [0.1, 0.15) is 5.82 Å². The molecule has 20 heavy (non-hydrogen) atoms. The van der Waals surface area contributed by atoms with Crippen LogP contribution in [0.3, 0.4) is 0 Å². The molecule has 0 radical (unpaired) electrons. The van der Waals surface area contributed by atoms with E-state index < -0.39 is 11.2 Å². The number of nitrogens with one attached hydrogen (secondary N) is 1. The molecule has 5 heteroatoms. The van der Waals surface area contributed by atoms with E-state index >= 15 is 0 Å². The third-order valence-corrected chi connectivity index (χ3v) is 4.27. The van der Waals surface area contributed by atoms with Gasteiger partial charge in [-0.3, -0.25) is 4.79 Å². The fourth-order valence-electron chi connectivity index (χ4n) is 2.61. The number of nitrogens with zero attached hydrogens (tertiary/aromatic N) is 1. The summed E-state index contributed by atoms with van der Waals surface area (Å²) in [6.45, 7) is 3.41. The summed E-state index contributed by atoms with van der Waals surface area (Å²) in [6.07, 6.45) is 2.45. The van der Waals surface area contributed by atoms with Gasteiger partial charge in [0.25, 0.3) is 0 Å². The summed E-state index contributed by atoms with van der Waals surface area (Å²) in [5, 5.41) is 11.6. The van der Waals surface area contributed by atoms with Crippen LogP contribution in [0.4, 0.5) is 10.1 Å². The van der Waals surface area contributed by atoms with Crippen LogP contribution in [0.1, 0.15) is 37.3 Å². The summed E-state index contributed by atoms with van der Waals surface area (Å²) in [5.41, 5.74) is 6.22. The molecule has 3 N–H and O–H groups in total. The first-order valence-electron chi connectivity index (χ1n) is 6.66. The van der Waals surface area contributed by atoms with E-state index in [1.54, 1.807) is 6.92 Å². The van der Waals surface area contributed by atoms with Crippen molar-refractivity contribution < 1.29 is 9.18 Å². The van der Waals surface area contributed by atoms with E-state index in [9.17, 15) is 9.18 Å². The van der Waals surface area contributed by atoms with Gasteiger partial charge in [0.15, 0.2) is 0 Å². The molecule has 0 bridgehead atoms. The van der Waals surface area contributed by atoms with Gasteiger partial charge in [-0.1, -0.05) is 6.42 Å². The largest absolute Gasteiger partial charge is 0.327 e. The normalized spacial score (nSPS) is 25.2. The molecule has 0 aliphatic heterocycles. The molecule has 1 saturated carbocycles. The molecule has 0 saturated heterocycles. The highest BCUT2D eigenvalue weighted by Crippen LogP contribution is 2.38. The van der Waals surface area contributed by atoms with Crippen molar-refractivity contribution in [3.05, 3.63) is 29.1 Å². The predicted octanol–water partition coefficient (Wildman–Crippen LogP) is 2.46. The standard InChI is InChI=1S/C15H18FN3O/c1-9-11(16)6-10(8-17)7-12(9)19-14(20)15(2)5-3-4-13(15)18/h6-7,13H,3-5,18H2,1-2H3,(H,19,20). The molecule has 0 spiro atoms. The predicted molar refractivity (Wildman–Crippen MR) is 74.4 cm³/mol. The zero-order chi connectivity index (χ0) is 14.9. The lowest BCUT2D eigenvalue weighted by Crippen LogP contribution is -2.44. The molecular formula is C15H18FN3O. The van der Waals surface area contributed by atoms with Gasteiger partial charge in [0, 0.05) is 17.3 Å². The van der Waals surface area contributed by atoms with Crippen molar-refractivity contribution in [3.63, 3.8) is 0 Å². The van der Waals surface area contributed by atoms with Gasteiger partial charge in [0.2, 0.25) is 5.91 Å². The number of nitriles is 1. The molecule has 2 atom stereocenters. The van der Waals surface area contributed by atoms with Gasteiger partial charge in [-0.2, -0.15) is 5.26 Å². The summed E-state index contributed by atoms with van der Waals surface area (Å²) >= 11 is 0. The van der Waals surface area contributed by atoms with Gasteiger partial charge in [-0.05, 0) is 38.8 Å². The Morgan fingerprint density at radius 1 is 1.60 bits per heavy atom. The smallest absolute Gasteiger partial charge is 0.231 e. The van der Waals surface area contributed by atoms with E-state index in [-0.39, 0.29) is 17.5 Å². The summed E-state index contributed by atoms with van der Waals surface area (Å²) in [7, 11) is 0. The molecule has 4 nitrogen and oxygen atoms in total. The highest BCUT2D eigenvalue weighted by Gasteiger charge is 2.43. The van der Waals surface area contributed by atoms with E-state index in [2.05, 4.69) is 5.32 Å². The molecule has 1 aromatic carbocycles. The third kappa shape index (κ3) is 2.39. The fourth-order valence-corrected chi connectivity index (χ4v) is 2.61. The third-order valence-electron chi connectivity index (χ3n) is 4.27. The molecule has 0 aromatic heterocycles. The lowest BCUT2D eigenvalue weighted by atomic mass is 9.84. The van der Waals surface area contributed by atoms with Gasteiger partial charge < -0.3 is 11.1 Å². The van der Waals surface area contributed by atoms with Crippen LogP contribution >= 0.6 is 0 Å². The SMILES string of the molecule is Cc1c(F)cc(C#N)cc1NC(=O)C1(C)CCCC1N. The monoisotopic (exact) mass is 275 g/mol. The lowest BCUT2D eigenvalue weighted by Gasteiger charge is -2.28. The minimum atomic E-state index is -0.633. The number of nitrogens with two attached hydrogens (primary N) is 1. The van der Waals surface area contributed by atoms with Crippen molar-refractivity contribution in [2.75, 3.05) is 5.32 Å². The molecule has 106 valence electrons. The Hall–Kier alpha value is -1.93. The molecular weight excluding hydrogens is 257 g/mol. The van der Waals surface area contributed by atoms with Gasteiger partial charge >= 0.3 is 0 Å². The second kappa shape index (κ2) is 5.22. The molecule has 1 aromatic rings. The van der Waals surface area contributed by atoms with Crippen LogP contribution in [0, 0.1) is 29.5 Å². The van der Waals surface area contributed by atoms with Crippen LogP contribution in [0.25, 0.3) is 0 Å². The van der Waals surface area contributed by atoms with Gasteiger partial charge in [0.05, 0.1) is 17.0 Å². The van der Waals surface area contributed by atoms with E-state index in [1.165, 1.54) is 6.07 Å². The molecule has 1 aliphatic rings. The second-order valence-electron chi connectivity index (χ2n) is 5.61. The number of halogens is 1. The van der Waals surface area contributed by atoms with Crippen LogP contribution in [0.5, 0.6) is 0 Å². The quantitative estimate of drug-likeness (QED) is 0.870. The number of rotatable bonds is 2. The van der Waals surface area contributed by atoms with Gasteiger partial charge in [-0.15, -0.1) is 0 Å². The first-order valence-corrected chi connectivity index (χ1v) is 6.66. The second-order valence-corrected chi connectivity index (χ2v) is 5.61. The first-order chi connectivity index (χ1) is 9.38. The molecule has 2 unspecified atom stereocenters. The Morgan fingerprint density at radius 2 is 2.30 bits per heavy atom. The number of carbonyl (C=O) groups excluding carboxylic acids is 1. The molecule has 1 aliphatic carbocycles. The fraction of sp³-hybridized carbons (Fsp3) is 0.467. The van der Waals surface area contributed by atoms with Crippen LogP contribution in [-0.4, -0.2) is 11.9 Å². The maximum Gasteiger partial charge on any atom is 0.231 e. The summed E-state index contributed by atoms with van der Waals surface area (Å²) in [5.74, 6) is -0.708. The Bertz CT molecular complexity index is 594. The number of hydrogen-bond acceptors (Lipinski definition) is 3. The van der Waals surface area contributed by atoms with Gasteiger partial charge in [-0.25, -0.2) is 4.39 Å². The highest BCUT2D eigenvalue weighted by molar-refractivity contribution is 5.96. The van der Waals surface area contributed by atoms with E-state index in [0.29, 0.717) is 11.3 Å². The number of carbonyl (C=O) groups is 1. The van der Waals surface area contributed by atoms with Crippen molar-refractivity contribution in [1.29, 1.82) is 5.26 Å². The van der Waals surface area contributed by atoms with Crippen molar-refractivity contribution in [3.8, 4) is 6.07 Å². The summed E-state index contributed by atoms with van der Waals surface area (Å²) in [4.78, 5) is 12.4. The maximum absolute atomic E-state index is 13.7. The van der Waals surface area contributed by atoms with Crippen molar-refractivity contribution in [2.45, 2.75) is 39.2 Å². The highest BCUT2D eigenvalue weighted by atomic mass is 19.1. The van der Waals surface area contributed by atoms with Crippen molar-refractivity contribution in [1.82, 2.24) is 0 Å². The number of benzene rings is 1. The van der Waals surface area contributed by atoms with Crippen molar-refractivity contribution >= 4 is 11.6 Å². The topological polar surface area (TPSA) is 78.9 Å². The minimum absolute atomic E-state index is 0.185. The van der Waals surface area contributed by atoms with E-state index in [0.717, 1.165) is 25.3 Å².